The zero-order valence-electron chi connectivity index (χ0n) is 15.5. The zero-order valence-corrected chi connectivity index (χ0v) is 16.3. The van der Waals surface area contributed by atoms with Crippen molar-refractivity contribution in [3.05, 3.63) is 57.3 Å². The van der Waals surface area contributed by atoms with Gasteiger partial charge in [0.25, 0.3) is 0 Å². The van der Waals surface area contributed by atoms with Crippen molar-refractivity contribution in [2.45, 2.75) is 51.4 Å². The topological polar surface area (TPSA) is 27.3 Å². The van der Waals surface area contributed by atoms with E-state index >= 15 is 0 Å². The molecular weight excluding hydrogens is 338 g/mol. The van der Waals surface area contributed by atoms with E-state index in [-0.39, 0.29) is 0 Å². The number of nitrogens with zero attached hydrogens (tertiary/aromatic N) is 1. The first kappa shape index (κ1) is 16.9. The quantitative estimate of drug-likeness (QED) is 0.846. The third kappa shape index (κ3) is 3.36. The summed E-state index contributed by atoms with van der Waals surface area (Å²) in [6.45, 7) is 6.74. The van der Waals surface area contributed by atoms with Crippen LogP contribution in [0.1, 0.15) is 41.5 Å². The average Bonchev–Trinajstić information content (AvgIpc) is 3.11. The fourth-order valence-electron chi connectivity index (χ4n) is 5.06. The lowest BCUT2D eigenvalue weighted by molar-refractivity contribution is 0.188. The Labute approximate surface area is 160 Å². The molecule has 0 radical (unpaired) electrons. The second-order valence-electron chi connectivity index (χ2n) is 8.40. The van der Waals surface area contributed by atoms with Crippen LogP contribution in [0, 0.1) is 5.41 Å². The van der Waals surface area contributed by atoms with Crippen LogP contribution in [0.3, 0.4) is 0 Å². The molecule has 2 aliphatic heterocycles. The van der Waals surface area contributed by atoms with Gasteiger partial charge in [0.05, 0.1) is 0 Å². The largest absolute Gasteiger partial charge is 0.317 e. The standard InChI is InChI=1S/C22H29N3S/c1-2-19-3-7-24-13-20(19)11-17(1)14-25(15-18-4-10-26-16-18)21-12-22(21)5-8-23-9-6-22/h1-2,4,10-11,16,21,23-24H,3,5-9,12-15H2. The molecule has 2 N–H and O–H groups in total. The van der Waals surface area contributed by atoms with Crippen LogP contribution < -0.4 is 10.6 Å². The molecule has 5 rings (SSSR count). The van der Waals surface area contributed by atoms with Crippen LogP contribution in [-0.2, 0) is 26.1 Å². The summed E-state index contributed by atoms with van der Waals surface area (Å²) in [5.41, 5.74) is 6.61. The Kier molecular flexibility index (Phi) is 4.61. The molecule has 2 aromatic rings. The number of benzene rings is 1. The van der Waals surface area contributed by atoms with E-state index < -0.39 is 0 Å². The summed E-state index contributed by atoms with van der Waals surface area (Å²) in [6.07, 6.45) is 5.27. The molecule has 26 heavy (non-hydrogen) atoms. The van der Waals surface area contributed by atoms with Crippen molar-refractivity contribution < 1.29 is 0 Å². The monoisotopic (exact) mass is 367 g/mol. The van der Waals surface area contributed by atoms with Crippen LogP contribution in [0.2, 0.25) is 0 Å². The number of fused-ring (bicyclic) bond motifs is 1. The first-order valence-electron chi connectivity index (χ1n) is 10.1. The lowest BCUT2D eigenvalue weighted by Gasteiger charge is -2.30. The highest BCUT2D eigenvalue weighted by Crippen LogP contribution is 2.56. The predicted octanol–water partition coefficient (Wildman–Crippen LogP) is 3.54. The summed E-state index contributed by atoms with van der Waals surface area (Å²) in [5, 5.41) is 11.6. The summed E-state index contributed by atoms with van der Waals surface area (Å²) in [5.74, 6) is 0. The number of nitrogens with one attached hydrogen (secondary N) is 2. The minimum absolute atomic E-state index is 0.594. The number of rotatable bonds is 5. The van der Waals surface area contributed by atoms with Crippen molar-refractivity contribution in [1.82, 2.24) is 15.5 Å². The zero-order chi connectivity index (χ0) is 17.4. The van der Waals surface area contributed by atoms with Crippen molar-refractivity contribution in [1.29, 1.82) is 0 Å². The average molecular weight is 368 g/mol. The van der Waals surface area contributed by atoms with Gasteiger partial charge in [0, 0.05) is 25.7 Å². The van der Waals surface area contributed by atoms with Crippen molar-refractivity contribution >= 4 is 11.3 Å². The molecule has 1 aliphatic carbocycles. The number of hydrogen-bond acceptors (Lipinski definition) is 4. The van der Waals surface area contributed by atoms with Crippen LogP contribution in [0.25, 0.3) is 0 Å². The van der Waals surface area contributed by atoms with Gasteiger partial charge in [-0.3, -0.25) is 4.90 Å². The van der Waals surface area contributed by atoms with Crippen molar-refractivity contribution in [2.24, 2.45) is 5.41 Å². The van der Waals surface area contributed by atoms with Gasteiger partial charge in [-0.15, -0.1) is 0 Å². The van der Waals surface area contributed by atoms with Gasteiger partial charge < -0.3 is 10.6 Å². The Balaban J connectivity index is 1.36. The Morgan fingerprint density at radius 3 is 2.73 bits per heavy atom. The number of hydrogen-bond donors (Lipinski definition) is 2. The highest BCUT2D eigenvalue weighted by atomic mass is 32.1. The Morgan fingerprint density at radius 2 is 1.88 bits per heavy atom. The van der Waals surface area contributed by atoms with Gasteiger partial charge in [-0.05, 0) is 89.8 Å². The highest BCUT2D eigenvalue weighted by molar-refractivity contribution is 7.07. The lowest BCUT2D eigenvalue weighted by Crippen LogP contribution is -2.35. The van der Waals surface area contributed by atoms with E-state index in [0.717, 1.165) is 32.2 Å². The number of piperidine rings is 1. The molecule has 0 bridgehead atoms. The van der Waals surface area contributed by atoms with E-state index in [0.29, 0.717) is 5.41 Å². The maximum Gasteiger partial charge on any atom is 0.0248 e. The second kappa shape index (κ2) is 7.08. The molecule has 138 valence electrons. The second-order valence-corrected chi connectivity index (χ2v) is 9.18. The molecule has 1 atom stereocenters. The third-order valence-electron chi connectivity index (χ3n) is 6.70. The van der Waals surface area contributed by atoms with E-state index in [1.807, 2.05) is 11.3 Å². The first-order valence-corrected chi connectivity index (χ1v) is 11.0. The molecule has 1 aromatic heterocycles. The van der Waals surface area contributed by atoms with Gasteiger partial charge in [0.1, 0.15) is 0 Å². The van der Waals surface area contributed by atoms with Crippen LogP contribution in [-0.4, -0.2) is 30.6 Å². The van der Waals surface area contributed by atoms with Crippen molar-refractivity contribution in [2.75, 3.05) is 19.6 Å². The Morgan fingerprint density at radius 1 is 1.00 bits per heavy atom. The lowest BCUT2D eigenvalue weighted by atomic mass is 9.93. The Bertz CT molecular complexity index is 749. The Hall–Kier alpha value is -1.20. The van der Waals surface area contributed by atoms with Crippen LogP contribution in [0.15, 0.2) is 35.0 Å². The summed E-state index contributed by atoms with van der Waals surface area (Å²) in [4.78, 5) is 2.77. The first-order chi connectivity index (χ1) is 12.8. The molecule has 4 heteroatoms. The summed E-state index contributed by atoms with van der Waals surface area (Å²) in [6, 6.07) is 10.3. The summed E-state index contributed by atoms with van der Waals surface area (Å²) >= 11 is 1.82. The van der Waals surface area contributed by atoms with Gasteiger partial charge >= 0.3 is 0 Å². The predicted molar refractivity (Wildman–Crippen MR) is 108 cm³/mol. The highest BCUT2D eigenvalue weighted by Gasteiger charge is 2.56. The van der Waals surface area contributed by atoms with E-state index in [4.69, 9.17) is 0 Å². The molecule has 1 saturated heterocycles. The summed E-state index contributed by atoms with van der Waals surface area (Å²) < 4.78 is 0. The summed E-state index contributed by atoms with van der Waals surface area (Å²) in [7, 11) is 0. The van der Waals surface area contributed by atoms with Crippen molar-refractivity contribution in [3.63, 3.8) is 0 Å². The minimum atomic E-state index is 0.594. The molecular formula is C22H29N3S. The van der Waals surface area contributed by atoms with Gasteiger partial charge in [-0.25, -0.2) is 0 Å². The molecule has 3 heterocycles. The molecule has 3 aliphatic rings. The fraction of sp³-hybridized carbons (Fsp3) is 0.545. The molecule has 1 saturated carbocycles. The van der Waals surface area contributed by atoms with Crippen LogP contribution in [0.5, 0.6) is 0 Å². The van der Waals surface area contributed by atoms with E-state index in [2.05, 4.69) is 50.6 Å². The smallest absolute Gasteiger partial charge is 0.0248 e. The normalized spacial score (nSPS) is 24.0. The maximum atomic E-state index is 3.55. The van der Waals surface area contributed by atoms with Gasteiger partial charge in [-0.2, -0.15) is 11.3 Å². The van der Waals surface area contributed by atoms with E-state index in [1.165, 1.54) is 61.0 Å². The van der Waals surface area contributed by atoms with Crippen LogP contribution in [0.4, 0.5) is 0 Å². The third-order valence-corrected chi connectivity index (χ3v) is 7.43. The van der Waals surface area contributed by atoms with Crippen molar-refractivity contribution in [3.8, 4) is 0 Å². The number of thiophene rings is 1. The SMILES string of the molecule is c1cc(CN(Cc2ccc3c(c2)CNCC3)C2CC23CCNCC3)cs1. The molecule has 2 fully saturated rings. The maximum absolute atomic E-state index is 3.55. The minimum Gasteiger partial charge on any atom is -0.317 e. The molecule has 1 unspecified atom stereocenters. The van der Waals surface area contributed by atoms with Crippen LogP contribution >= 0.6 is 11.3 Å². The van der Waals surface area contributed by atoms with Gasteiger partial charge in [0.2, 0.25) is 0 Å². The van der Waals surface area contributed by atoms with Gasteiger partial charge in [-0.1, -0.05) is 18.2 Å². The molecule has 3 nitrogen and oxygen atoms in total. The molecule has 1 spiro atoms. The molecule has 0 amide bonds. The fourth-order valence-corrected chi connectivity index (χ4v) is 5.72. The van der Waals surface area contributed by atoms with E-state index in [9.17, 15) is 0 Å². The van der Waals surface area contributed by atoms with E-state index in [1.54, 1.807) is 0 Å². The molecule has 1 aromatic carbocycles. The van der Waals surface area contributed by atoms with Gasteiger partial charge in [0.15, 0.2) is 0 Å².